The number of ether oxygens (including phenoxy) is 1. The molecule has 0 bridgehead atoms. The van der Waals surface area contributed by atoms with E-state index in [9.17, 15) is 4.79 Å². The van der Waals surface area contributed by atoms with Gasteiger partial charge in [0.1, 0.15) is 5.02 Å². The first-order valence-corrected chi connectivity index (χ1v) is 7.31. The summed E-state index contributed by atoms with van der Waals surface area (Å²) in [6, 6.07) is 1.57. The van der Waals surface area contributed by atoms with E-state index in [1.54, 1.807) is 37.2 Å². The molecular formula is C15H19ClN4O2. The minimum absolute atomic E-state index is 0.210. The quantitative estimate of drug-likeness (QED) is 0.849. The highest BCUT2D eigenvalue weighted by atomic mass is 35.5. The van der Waals surface area contributed by atoms with Gasteiger partial charge in [0, 0.05) is 26.5 Å². The summed E-state index contributed by atoms with van der Waals surface area (Å²) in [7, 11) is 3.47. The summed E-state index contributed by atoms with van der Waals surface area (Å²) in [4.78, 5) is 18.1. The molecular weight excluding hydrogens is 304 g/mol. The summed E-state index contributed by atoms with van der Waals surface area (Å²) in [5.74, 6) is 0.504. The molecule has 0 spiro atoms. The molecule has 2 rings (SSSR count). The number of amides is 1. The first kappa shape index (κ1) is 16.3. The van der Waals surface area contributed by atoms with Gasteiger partial charge in [-0.05, 0) is 12.0 Å². The monoisotopic (exact) mass is 322 g/mol. The van der Waals surface area contributed by atoms with E-state index >= 15 is 0 Å². The van der Waals surface area contributed by atoms with Crippen LogP contribution in [0.1, 0.15) is 24.2 Å². The maximum atomic E-state index is 12.4. The number of carbonyl (C=O) groups excluding carboxylic acids is 1. The Bertz CT molecular complexity index is 669. The first-order chi connectivity index (χ1) is 10.4. The van der Waals surface area contributed by atoms with Crippen LogP contribution in [0.4, 0.5) is 5.69 Å². The van der Waals surface area contributed by atoms with E-state index in [0.29, 0.717) is 34.7 Å². The van der Waals surface area contributed by atoms with Gasteiger partial charge in [-0.15, -0.1) is 0 Å². The predicted octanol–water partition coefficient (Wildman–Crippen LogP) is 2.78. The van der Waals surface area contributed by atoms with Crippen LogP contribution in [0.5, 0.6) is 5.88 Å². The van der Waals surface area contributed by atoms with Crippen LogP contribution in [0.15, 0.2) is 24.7 Å². The molecule has 0 unspecified atom stereocenters. The average Bonchev–Trinajstić information content (AvgIpc) is 2.90. The zero-order chi connectivity index (χ0) is 16.3. The zero-order valence-electron chi connectivity index (χ0n) is 13.1. The molecule has 1 amide bonds. The van der Waals surface area contributed by atoms with Crippen molar-refractivity contribution < 1.29 is 9.53 Å². The summed E-state index contributed by atoms with van der Waals surface area (Å²) in [6.45, 7) is 4.60. The smallest absolute Gasteiger partial charge is 0.259 e. The van der Waals surface area contributed by atoms with Gasteiger partial charge in [0.25, 0.3) is 5.91 Å². The highest BCUT2D eigenvalue weighted by Crippen LogP contribution is 2.24. The molecule has 0 saturated carbocycles. The van der Waals surface area contributed by atoms with Gasteiger partial charge in [0.2, 0.25) is 5.88 Å². The van der Waals surface area contributed by atoms with E-state index in [-0.39, 0.29) is 5.91 Å². The highest BCUT2D eigenvalue weighted by molar-refractivity contribution is 6.32. The molecule has 0 aliphatic heterocycles. The molecule has 118 valence electrons. The second-order valence-corrected chi connectivity index (χ2v) is 5.86. The molecule has 0 radical (unpaired) electrons. The van der Waals surface area contributed by atoms with Crippen molar-refractivity contribution in [2.24, 2.45) is 13.0 Å². The first-order valence-electron chi connectivity index (χ1n) is 6.93. The fraction of sp³-hybridized carbons (Fsp3) is 0.400. The van der Waals surface area contributed by atoms with Crippen molar-refractivity contribution in [1.29, 1.82) is 0 Å². The van der Waals surface area contributed by atoms with Crippen LogP contribution in [-0.4, -0.2) is 34.3 Å². The molecule has 0 aromatic carbocycles. The fourth-order valence-electron chi connectivity index (χ4n) is 1.79. The lowest BCUT2D eigenvalue weighted by atomic mass is 10.2. The van der Waals surface area contributed by atoms with Gasteiger partial charge < -0.3 is 9.64 Å². The maximum Gasteiger partial charge on any atom is 0.259 e. The lowest BCUT2D eigenvalue weighted by Crippen LogP contribution is -2.26. The number of aryl methyl sites for hydroxylation is 1. The number of hydrogen-bond acceptors (Lipinski definition) is 4. The van der Waals surface area contributed by atoms with Crippen LogP contribution in [-0.2, 0) is 7.05 Å². The standard InChI is InChI=1S/C15H19ClN4O2/c1-10(2)9-22-14-13(16)5-11(6-17-14)15(21)20(4)12-7-18-19(3)8-12/h5-8,10H,9H2,1-4H3. The number of hydrogen-bond donors (Lipinski definition) is 0. The minimum atomic E-state index is -0.210. The van der Waals surface area contributed by atoms with Crippen LogP contribution in [0, 0.1) is 5.92 Å². The summed E-state index contributed by atoms with van der Waals surface area (Å²) in [5.41, 5.74) is 1.09. The van der Waals surface area contributed by atoms with E-state index < -0.39 is 0 Å². The number of rotatable bonds is 5. The molecule has 2 aromatic rings. The Morgan fingerprint density at radius 1 is 1.45 bits per heavy atom. The highest BCUT2D eigenvalue weighted by Gasteiger charge is 2.17. The van der Waals surface area contributed by atoms with Crippen LogP contribution in [0.25, 0.3) is 0 Å². The van der Waals surface area contributed by atoms with Crippen LogP contribution in [0.2, 0.25) is 5.02 Å². The molecule has 0 N–H and O–H groups in total. The van der Waals surface area contributed by atoms with E-state index in [2.05, 4.69) is 10.1 Å². The van der Waals surface area contributed by atoms with Gasteiger partial charge in [0.15, 0.2) is 0 Å². The van der Waals surface area contributed by atoms with Gasteiger partial charge in [-0.3, -0.25) is 9.48 Å². The molecule has 2 aromatic heterocycles. The average molecular weight is 323 g/mol. The summed E-state index contributed by atoms with van der Waals surface area (Å²) in [5, 5.41) is 4.37. The number of carbonyl (C=O) groups is 1. The normalized spacial score (nSPS) is 10.8. The van der Waals surface area contributed by atoms with E-state index in [4.69, 9.17) is 16.3 Å². The molecule has 22 heavy (non-hydrogen) atoms. The third-order valence-electron chi connectivity index (χ3n) is 2.99. The molecule has 0 aliphatic carbocycles. The zero-order valence-corrected chi connectivity index (χ0v) is 13.8. The van der Waals surface area contributed by atoms with Gasteiger partial charge in [0.05, 0.1) is 24.1 Å². The maximum absolute atomic E-state index is 12.4. The lowest BCUT2D eigenvalue weighted by molar-refractivity contribution is 0.0992. The Balaban J connectivity index is 2.15. The van der Waals surface area contributed by atoms with E-state index in [1.807, 2.05) is 13.8 Å². The summed E-state index contributed by atoms with van der Waals surface area (Å²) in [6.07, 6.45) is 4.84. The molecule has 0 fully saturated rings. The second kappa shape index (κ2) is 6.79. The van der Waals surface area contributed by atoms with Gasteiger partial charge >= 0.3 is 0 Å². The number of pyridine rings is 1. The fourth-order valence-corrected chi connectivity index (χ4v) is 2.01. The SMILES string of the molecule is CC(C)COc1ncc(C(=O)N(C)c2cnn(C)c2)cc1Cl. The Kier molecular flexibility index (Phi) is 5.03. The third kappa shape index (κ3) is 3.76. The van der Waals surface area contributed by atoms with Gasteiger partial charge in [-0.25, -0.2) is 4.98 Å². The molecule has 0 atom stereocenters. The third-order valence-corrected chi connectivity index (χ3v) is 3.26. The van der Waals surface area contributed by atoms with Gasteiger partial charge in [-0.1, -0.05) is 25.4 Å². The number of anilines is 1. The van der Waals surface area contributed by atoms with Crippen molar-refractivity contribution in [3.8, 4) is 5.88 Å². The second-order valence-electron chi connectivity index (χ2n) is 5.45. The largest absolute Gasteiger partial charge is 0.476 e. The van der Waals surface area contributed by atoms with Crippen molar-refractivity contribution in [2.75, 3.05) is 18.6 Å². The van der Waals surface area contributed by atoms with Gasteiger partial charge in [-0.2, -0.15) is 5.10 Å². The predicted molar refractivity (Wildman–Crippen MR) is 85.5 cm³/mol. The van der Waals surface area contributed by atoms with Crippen molar-refractivity contribution in [3.05, 3.63) is 35.2 Å². The molecule has 6 nitrogen and oxygen atoms in total. The van der Waals surface area contributed by atoms with Crippen molar-refractivity contribution in [2.45, 2.75) is 13.8 Å². The molecule has 2 heterocycles. The Hall–Kier alpha value is -2.08. The topological polar surface area (TPSA) is 60.2 Å². The molecule has 7 heteroatoms. The van der Waals surface area contributed by atoms with Crippen molar-refractivity contribution in [3.63, 3.8) is 0 Å². The number of nitrogens with zero attached hydrogens (tertiary/aromatic N) is 4. The van der Waals surface area contributed by atoms with Crippen molar-refractivity contribution in [1.82, 2.24) is 14.8 Å². The Labute approximate surface area is 134 Å². The molecule has 0 aliphatic rings. The van der Waals surface area contributed by atoms with Crippen LogP contribution >= 0.6 is 11.6 Å². The Morgan fingerprint density at radius 2 is 2.18 bits per heavy atom. The summed E-state index contributed by atoms with van der Waals surface area (Å²) >= 11 is 6.14. The van der Waals surface area contributed by atoms with E-state index in [1.165, 1.54) is 11.1 Å². The lowest BCUT2D eigenvalue weighted by Gasteiger charge is -2.15. The number of halogens is 1. The summed E-state index contributed by atoms with van der Waals surface area (Å²) < 4.78 is 7.13. The minimum Gasteiger partial charge on any atom is -0.476 e. The van der Waals surface area contributed by atoms with E-state index in [0.717, 1.165) is 0 Å². The van der Waals surface area contributed by atoms with Crippen LogP contribution in [0.3, 0.4) is 0 Å². The molecule has 0 saturated heterocycles. The number of aromatic nitrogens is 3. The van der Waals surface area contributed by atoms with Crippen molar-refractivity contribution >= 4 is 23.2 Å². The van der Waals surface area contributed by atoms with Crippen LogP contribution < -0.4 is 9.64 Å². The Morgan fingerprint density at radius 3 is 2.73 bits per heavy atom.